The van der Waals surface area contributed by atoms with Gasteiger partial charge in [-0.15, -0.1) is 0 Å². The van der Waals surface area contributed by atoms with Crippen LogP contribution in [-0.4, -0.2) is 35.9 Å². The standard InChI is InChI=1S/C22H26N2O3/c1-16-9-11-20(12-10-16)27-17(2)21(25)23-19-8-6-7-18(15-19)22(26)24-13-4-3-5-14-24/h6-12,15,17H,3-5,13-14H2,1-2H3,(H,23,25). The van der Waals surface area contributed by atoms with Gasteiger partial charge in [-0.1, -0.05) is 23.8 Å². The van der Waals surface area contributed by atoms with Gasteiger partial charge in [0.25, 0.3) is 11.8 Å². The summed E-state index contributed by atoms with van der Waals surface area (Å²) in [5.41, 5.74) is 2.33. The number of benzene rings is 2. The fourth-order valence-corrected chi connectivity index (χ4v) is 3.13. The van der Waals surface area contributed by atoms with E-state index in [-0.39, 0.29) is 11.8 Å². The van der Waals surface area contributed by atoms with Crippen molar-refractivity contribution in [3.8, 4) is 5.75 Å². The Morgan fingerprint density at radius 2 is 1.74 bits per heavy atom. The van der Waals surface area contributed by atoms with Crippen LogP contribution in [0.2, 0.25) is 0 Å². The second-order valence-electron chi connectivity index (χ2n) is 7.00. The molecule has 2 amide bonds. The van der Waals surface area contributed by atoms with Crippen LogP contribution < -0.4 is 10.1 Å². The maximum Gasteiger partial charge on any atom is 0.265 e. The molecule has 1 aliphatic rings. The first-order valence-corrected chi connectivity index (χ1v) is 9.46. The molecule has 142 valence electrons. The van der Waals surface area contributed by atoms with Gasteiger partial charge in [0, 0.05) is 24.3 Å². The summed E-state index contributed by atoms with van der Waals surface area (Å²) in [5, 5.41) is 2.84. The summed E-state index contributed by atoms with van der Waals surface area (Å²) in [7, 11) is 0. The lowest BCUT2D eigenvalue weighted by atomic mass is 10.1. The summed E-state index contributed by atoms with van der Waals surface area (Å²) in [6.07, 6.45) is 2.64. The van der Waals surface area contributed by atoms with Gasteiger partial charge in [0.1, 0.15) is 5.75 Å². The van der Waals surface area contributed by atoms with Crippen LogP contribution in [0.15, 0.2) is 48.5 Å². The lowest BCUT2D eigenvalue weighted by Crippen LogP contribution is -2.35. The van der Waals surface area contributed by atoms with Crippen molar-refractivity contribution >= 4 is 17.5 Å². The third-order valence-corrected chi connectivity index (χ3v) is 4.72. The first-order valence-electron chi connectivity index (χ1n) is 9.46. The summed E-state index contributed by atoms with van der Waals surface area (Å²) in [6, 6.07) is 14.7. The molecule has 0 spiro atoms. The minimum atomic E-state index is -0.644. The van der Waals surface area contributed by atoms with Crippen LogP contribution in [0.3, 0.4) is 0 Å². The molecular weight excluding hydrogens is 340 g/mol. The molecule has 1 heterocycles. The van der Waals surface area contributed by atoms with Gasteiger partial charge in [0.15, 0.2) is 6.10 Å². The van der Waals surface area contributed by atoms with E-state index in [1.807, 2.05) is 36.1 Å². The number of rotatable bonds is 5. The molecule has 0 bridgehead atoms. The molecule has 1 fully saturated rings. The number of anilines is 1. The highest BCUT2D eigenvalue weighted by Crippen LogP contribution is 2.18. The van der Waals surface area contributed by atoms with Crippen molar-refractivity contribution < 1.29 is 14.3 Å². The molecule has 5 heteroatoms. The van der Waals surface area contributed by atoms with E-state index in [0.29, 0.717) is 17.0 Å². The van der Waals surface area contributed by atoms with Gasteiger partial charge in [-0.3, -0.25) is 9.59 Å². The molecule has 1 unspecified atom stereocenters. The van der Waals surface area contributed by atoms with E-state index < -0.39 is 6.10 Å². The minimum absolute atomic E-state index is 0.0229. The third kappa shape index (κ3) is 5.09. The fourth-order valence-electron chi connectivity index (χ4n) is 3.13. The summed E-state index contributed by atoms with van der Waals surface area (Å²) in [5.74, 6) is 0.421. The van der Waals surface area contributed by atoms with Gasteiger partial charge in [0.2, 0.25) is 0 Å². The van der Waals surface area contributed by atoms with Crippen molar-refractivity contribution in [3.05, 3.63) is 59.7 Å². The molecule has 0 saturated carbocycles. The Kier molecular flexibility index (Phi) is 6.12. The number of hydrogen-bond donors (Lipinski definition) is 1. The highest BCUT2D eigenvalue weighted by molar-refractivity contribution is 5.98. The first-order chi connectivity index (χ1) is 13.0. The van der Waals surface area contributed by atoms with Crippen molar-refractivity contribution in [1.29, 1.82) is 0 Å². The number of nitrogens with one attached hydrogen (secondary N) is 1. The van der Waals surface area contributed by atoms with Gasteiger partial charge >= 0.3 is 0 Å². The van der Waals surface area contributed by atoms with E-state index in [1.165, 1.54) is 6.42 Å². The van der Waals surface area contributed by atoms with E-state index >= 15 is 0 Å². The van der Waals surface area contributed by atoms with Crippen molar-refractivity contribution in [2.75, 3.05) is 18.4 Å². The quantitative estimate of drug-likeness (QED) is 0.869. The molecule has 2 aromatic carbocycles. The number of piperidine rings is 1. The summed E-state index contributed by atoms with van der Waals surface area (Å²) in [6.45, 7) is 5.31. The van der Waals surface area contributed by atoms with Crippen LogP contribution in [0.4, 0.5) is 5.69 Å². The number of likely N-dealkylation sites (tertiary alicyclic amines) is 1. The molecule has 0 aromatic heterocycles. The van der Waals surface area contributed by atoms with Gasteiger partial charge in [-0.25, -0.2) is 0 Å². The first kappa shape index (κ1) is 19.0. The van der Waals surface area contributed by atoms with E-state index in [4.69, 9.17) is 4.74 Å². The van der Waals surface area contributed by atoms with Gasteiger partial charge in [-0.2, -0.15) is 0 Å². The van der Waals surface area contributed by atoms with E-state index in [9.17, 15) is 9.59 Å². The number of carbonyl (C=O) groups is 2. The molecule has 3 rings (SSSR count). The largest absolute Gasteiger partial charge is 0.481 e. The third-order valence-electron chi connectivity index (χ3n) is 4.72. The van der Waals surface area contributed by atoms with Crippen LogP contribution in [0.5, 0.6) is 5.75 Å². The zero-order chi connectivity index (χ0) is 19.2. The monoisotopic (exact) mass is 366 g/mol. The molecule has 0 radical (unpaired) electrons. The second kappa shape index (κ2) is 8.71. The molecule has 1 aliphatic heterocycles. The Morgan fingerprint density at radius 3 is 2.44 bits per heavy atom. The van der Waals surface area contributed by atoms with Gasteiger partial charge in [-0.05, 0) is 63.4 Å². The van der Waals surface area contributed by atoms with Gasteiger partial charge < -0.3 is 15.0 Å². The van der Waals surface area contributed by atoms with Crippen LogP contribution in [0.1, 0.15) is 42.1 Å². The maximum absolute atomic E-state index is 12.6. The van der Waals surface area contributed by atoms with Crippen LogP contribution in [0.25, 0.3) is 0 Å². The van der Waals surface area contributed by atoms with Crippen LogP contribution in [-0.2, 0) is 4.79 Å². The average Bonchev–Trinajstić information content (AvgIpc) is 2.70. The van der Waals surface area contributed by atoms with E-state index in [1.54, 1.807) is 31.2 Å². The number of aryl methyl sites for hydroxylation is 1. The SMILES string of the molecule is Cc1ccc(OC(C)C(=O)Nc2cccc(C(=O)N3CCCCC3)c2)cc1. The highest BCUT2D eigenvalue weighted by Gasteiger charge is 2.19. The Bertz CT molecular complexity index is 795. The Morgan fingerprint density at radius 1 is 1.04 bits per heavy atom. The van der Waals surface area contributed by atoms with Gasteiger partial charge in [0.05, 0.1) is 0 Å². The summed E-state index contributed by atoms with van der Waals surface area (Å²) >= 11 is 0. The zero-order valence-electron chi connectivity index (χ0n) is 15.9. The Balaban J connectivity index is 1.61. The fraction of sp³-hybridized carbons (Fsp3) is 0.364. The maximum atomic E-state index is 12.6. The zero-order valence-corrected chi connectivity index (χ0v) is 15.9. The summed E-state index contributed by atoms with van der Waals surface area (Å²) < 4.78 is 5.69. The average molecular weight is 366 g/mol. The predicted molar refractivity (Wildman–Crippen MR) is 106 cm³/mol. The van der Waals surface area contributed by atoms with Crippen LogP contribution in [0, 0.1) is 6.92 Å². The van der Waals surface area contributed by atoms with Crippen LogP contribution >= 0.6 is 0 Å². The summed E-state index contributed by atoms with van der Waals surface area (Å²) in [4.78, 5) is 26.9. The number of ether oxygens (including phenoxy) is 1. The van der Waals surface area contributed by atoms with Crippen molar-refractivity contribution in [1.82, 2.24) is 4.90 Å². The molecule has 1 atom stereocenters. The molecule has 1 N–H and O–H groups in total. The molecule has 1 saturated heterocycles. The number of carbonyl (C=O) groups excluding carboxylic acids is 2. The van der Waals surface area contributed by atoms with E-state index in [2.05, 4.69) is 5.32 Å². The molecule has 2 aromatic rings. The minimum Gasteiger partial charge on any atom is -0.481 e. The van der Waals surface area contributed by atoms with Crippen molar-refractivity contribution in [2.45, 2.75) is 39.2 Å². The normalized spacial score (nSPS) is 15.1. The van der Waals surface area contributed by atoms with E-state index in [0.717, 1.165) is 31.5 Å². The lowest BCUT2D eigenvalue weighted by Gasteiger charge is -2.26. The number of hydrogen-bond acceptors (Lipinski definition) is 3. The molecule has 0 aliphatic carbocycles. The molecule has 27 heavy (non-hydrogen) atoms. The Labute approximate surface area is 160 Å². The highest BCUT2D eigenvalue weighted by atomic mass is 16.5. The smallest absolute Gasteiger partial charge is 0.265 e. The molecule has 5 nitrogen and oxygen atoms in total. The number of amides is 2. The predicted octanol–water partition coefficient (Wildman–Crippen LogP) is 4.03. The van der Waals surface area contributed by atoms with Crippen molar-refractivity contribution in [2.24, 2.45) is 0 Å². The Hall–Kier alpha value is -2.82. The van der Waals surface area contributed by atoms with Crippen molar-refractivity contribution in [3.63, 3.8) is 0 Å². The second-order valence-corrected chi connectivity index (χ2v) is 7.00. The topological polar surface area (TPSA) is 58.6 Å². The lowest BCUT2D eigenvalue weighted by molar-refractivity contribution is -0.122. The molecular formula is C22H26N2O3. The number of nitrogens with zero attached hydrogens (tertiary/aromatic N) is 1.